The zero-order chi connectivity index (χ0) is 19.4. The van der Waals surface area contributed by atoms with Crippen molar-refractivity contribution in [2.24, 2.45) is 0 Å². The molecule has 1 aliphatic carbocycles. The summed E-state index contributed by atoms with van der Waals surface area (Å²) in [6.07, 6.45) is 6.30. The Labute approximate surface area is 166 Å². The van der Waals surface area contributed by atoms with Gasteiger partial charge in [0.2, 0.25) is 5.91 Å². The standard InChI is InChI=1S/C20H19ClFNO3S/c1-2-26-20(25)18-13-6-3-4-9-16(13)27-19(18)23-17(24)11-10-12-14(21)7-5-8-15(12)22/h5,7-8,10-11H,2-4,6,9H2,1H3,(H,23,24). The number of carbonyl (C=O) groups excluding carboxylic acids is 2. The van der Waals surface area contributed by atoms with Crippen LogP contribution in [0.2, 0.25) is 5.02 Å². The Hall–Kier alpha value is -2.18. The lowest BCUT2D eigenvalue weighted by Crippen LogP contribution is -2.14. The van der Waals surface area contributed by atoms with Crippen molar-refractivity contribution in [1.82, 2.24) is 0 Å². The first-order chi connectivity index (χ1) is 13.0. The second kappa shape index (κ2) is 8.67. The van der Waals surface area contributed by atoms with Crippen molar-refractivity contribution in [1.29, 1.82) is 0 Å². The van der Waals surface area contributed by atoms with Crippen LogP contribution < -0.4 is 5.32 Å². The maximum atomic E-state index is 13.8. The van der Waals surface area contributed by atoms with E-state index in [0.29, 0.717) is 10.6 Å². The Morgan fingerprint density at radius 1 is 1.33 bits per heavy atom. The van der Waals surface area contributed by atoms with Gasteiger partial charge in [-0.25, -0.2) is 9.18 Å². The van der Waals surface area contributed by atoms with Crippen molar-refractivity contribution < 1.29 is 18.7 Å². The Bertz CT molecular complexity index is 887. The fraction of sp³-hybridized carbons (Fsp3) is 0.300. The molecule has 0 radical (unpaired) electrons. The van der Waals surface area contributed by atoms with Crippen LogP contribution in [0.1, 0.15) is 46.1 Å². The second-order valence-corrected chi connectivity index (χ2v) is 7.61. The number of carbonyl (C=O) groups is 2. The van der Waals surface area contributed by atoms with Gasteiger partial charge in [-0.05, 0) is 56.4 Å². The number of anilines is 1. The maximum absolute atomic E-state index is 13.8. The zero-order valence-electron chi connectivity index (χ0n) is 14.8. The molecule has 0 saturated carbocycles. The summed E-state index contributed by atoms with van der Waals surface area (Å²) in [6.45, 7) is 2.01. The van der Waals surface area contributed by atoms with Gasteiger partial charge in [0.15, 0.2) is 0 Å². The molecule has 1 amide bonds. The molecular weight excluding hydrogens is 389 g/mol. The summed E-state index contributed by atoms with van der Waals surface area (Å²) in [6, 6.07) is 4.32. The highest BCUT2D eigenvalue weighted by Crippen LogP contribution is 2.38. The Morgan fingerprint density at radius 2 is 2.11 bits per heavy atom. The topological polar surface area (TPSA) is 55.4 Å². The van der Waals surface area contributed by atoms with Crippen LogP contribution >= 0.6 is 22.9 Å². The maximum Gasteiger partial charge on any atom is 0.341 e. The number of hydrogen-bond acceptors (Lipinski definition) is 4. The molecular formula is C20H19ClFNO3S. The smallest absolute Gasteiger partial charge is 0.341 e. The molecule has 3 rings (SSSR count). The predicted molar refractivity (Wildman–Crippen MR) is 106 cm³/mol. The number of halogens is 2. The molecule has 7 heteroatoms. The normalized spacial score (nSPS) is 13.4. The summed E-state index contributed by atoms with van der Waals surface area (Å²) in [5, 5.41) is 3.44. The monoisotopic (exact) mass is 407 g/mol. The van der Waals surface area contributed by atoms with Crippen LogP contribution in [0.25, 0.3) is 6.08 Å². The third-order valence-corrected chi connectivity index (χ3v) is 5.83. The van der Waals surface area contributed by atoms with E-state index >= 15 is 0 Å². The molecule has 1 N–H and O–H groups in total. The quantitative estimate of drug-likeness (QED) is 0.544. The Morgan fingerprint density at radius 3 is 2.85 bits per heavy atom. The van der Waals surface area contributed by atoms with E-state index in [1.807, 2.05) is 0 Å². The molecule has 142 valence electrons. The Balaban J connectivity index is 1.84. The minimum Gasteiger partial charge on any atom is -0.462 e. The van der Waals surface area contributed by atoms with E-state index in [9.17, 15) is 14.0 Å². The van der Waals surface area contributed by atoms with E-state index in [4.69, 9.17) is 16.3 Å². The van der Waals surface area contributed by atoms with Crippen LogP contribution in [0.4, 0.5) is 9.39 Å². The number of aryl methyl sites for hydroxylation is 1. The molecule has 27 heavy (non-hydrogen) atoms. The average molecular weight is 408 g/mol. The summed E-state index contributed by atoms with van der Waals surface area (Å²) in [7, 11) is 0. The van der Waals surface area contributed by atoms with Crippen LogP contribution in [-0.2, 0) is 22.4 Å². The third-order valence-electron chi connectivity index (χ3n) is 4.29. The summed E-state index contributed by atoms with van der Waals surface area (Å²) in [5.41, 5.74) is 1.56. The third kappa shape index (κ3) is 4.39. The van der Waals surface area contributed by atoms with Gasteiger partial charge >= 0.3 is 5.97 Å². The highest BCUT2D eigenvalue weighted by molar-refractivity contribution is 7.17. The second-order valence-electron chi connectivity index (χ2n) is 6.09. The van der Waals surface area contributed by atoms with Gasteiger partial charge < -0.3 is 10.1 Å². The SMILES string of the molecule is CCOC(=O)c1c(NC(=O)C=Cc2c(F)cccc2Cl)sc2c1CCCC2. The number of ether oxygens (including phenoxy) is 1. The zero-order valence-corrected chi connectivity index (χ0v) is 16.4. The van der Waals surface area contributed by atoms with Crippen LogP contribution in [0.3, 0.4) is 0 Å². The molecule has 0 atom stereocenters. The van der Waals surface area contributed by atoms with E-state index in [0.717, 1.165) is 36.1 Å². The van der Waals surface area contributed by atoms with Crippen LogP contribution in [0, 0.1) is 5.82 Å². The lowest BCUT2D eigenvalue weighted by Gasteiger charge is -2.12. The first kappa shape index (κ1) is 19.6. The van der Waals surface area contributed by atoms with E-state index < -0.39 is 17.7 Å². The van der Waals surface area contributed by atoms with Gasteiger partial charge in [0.1, 0.15) is 10.8 Å². The minimum absolute atomic E-state index is 0.144. The molecule has 1 aliphatic rings. The number of amides is 1. The minimum atomic E-state index is -0.509. The van der Waals surface area contributed by atoms with Crippen LogP contribution in [-0.4, -0.2) is 18.5 Å². The molecule has 0 saturated heterocycles. The molecule has 0 spiro atoms. The predicted octanol–water partition coefficient (Wildman–Crippen LogP) is 5.25. The molecule has 2 aromatic rings. The highest BCUT2D eigenvalue weighted by Gasteiger charge is 2.26. The van der Waals surface area contributed by atoms with Gasteiger partial charge in [0.25, 0.3) is 0 Å². The first-order valence-corrected chi connectivity index (χ1v) is 9.95. The number of benzene rings is 1. The number of rotatable bonds is 5. The molecule has 1 heterocycles. The van der Waals surface area contributed by atoms with Crippen molar-refractivity contribution in [3.63, 3.8) is 0 Å². The van der Waals surface area contributed by atoms with E-state index in [1.165, 1.54) is 35.6 Å². The lowest BCUT2D eigenvalue weighted by molar-refractivity contribution is -0.111. The fourth-order valence-electron chi connectivity index (χ4n) is 3.06. The Kier molecular flexibility index (Phi) is 6.29. The number of esters is 1. The molecule has 1 aromatic heterocycles. The van der Waals surface area contributed by atoms with E-state index in [-0.39, 0.29) is 17.2 Å². The van der Waals surface area contributed by atoms with Gasteiger partial charge in [-0.1, -0.05) is 17.7 Å². The summed E-state index contributed by atoms with van der Waals surface area (Å²) < 4.78 is 19.0. The lowest BCUT2D eigenvalue weighted by atomic mass is 9.95. The summed E-state index contributed by atoms with van der Waals surface area (Å²) in [4.78, 5) is 25.9. The van der Waals surface area contributed by atoms with Crippen LogP contribution in [0.15, 0.2) is 24.3 Å². The number of fused-ring (bicyclic) bond motifs is 1. The number of nitrogens with one attached hydrogen (secondary N) is 1. The molecule has 0 bridgehead atoms. The highest BCUT2D eigenvalue weighted by atomic mass is 35.5. The largest absolute Gasteiger partial charge is 0.462 e. The van der Waals surface area contributed by atoms with Gasteiger partial charge in [0.05, 0.1) is 17.2 Å². The number of hydrogen-bond donors (Lipinski definition) is 1. The molecule has 0 fully saturated rings. The van der Waals surface area contributed by atoms with Gasteiger partial charge in [0, 0.05) is 16.5 Å². The van der Waals surface area contributed by atoms with Crippen molar-refractivity contribution in [3.8, 4) is 0 Å². The van der Waals surface area contributed by atoms with E-state index in [1.54, 1.807) is 13.0 Å². The van der Waals surface area contributed by atoms with Crippen molar-refractivity contribution in [2.75, 3.05) is 11.9 Å². The molecule has 4 nitrogen and oxygen atoms in total. The van der Waals surface area contributed by atoms with Gasteiger partial charge in [-0.15, -0.1) is 11.3 Å². The molecule has 1 aromatic carbocycles. The fourth-order valence-corrected chi connectivity index (χ4v) is 4.56. The van der Waals surface area contributed by atoms with Gasteiger partial charge in [-0.2, -0.15) is 0 Å². The summed E-state index contributed by atoms with van der Waals surface area (Å²) in [5.74, 6) is -1.39. The van der Waals surface area contributed by atoms with Gasteiger partial charge in [-0.3, -0.25) is 4.79 Å². The first-order valence-electron chi connectivity index (χ1n) is 8.76. The van der Waals surface area contributed by atoms with Crippen LogP contribution in [0.5, 0.6) is 0 Å². The van der Waals surface area contributed by atoms with Crippen molar-refractivity contribution in [2.45, 2.75) is 32.6 Å². The van der Waals surface area contributed by atoms with Crippen molar-refractivity contribution >= 4 is 45.9 Å². The molecule has 0 aliphatic heterocycles. The summed E-state index contributed by atoms with van der Waals surface area (Å²) >= 11 is 7.37. The van der Waals surface area contributed by atoms with Crippen molar-refractivity contribution in [3.05, 3.63) is 56.7 Å². The van der Waals surface area contributed by atoms with E-state index in [2.05, 4.69) is 5.32 Å². The molecule has 0 unspecified atom stereocenters. The average Bonchev–Trinajstić information content (AvgIpc) is 2.99. The number of thiophene rings is 1.